The van der Waals surface area contributed by atoms with Gasteiger partial charge in [-0.25, -0.2) is 5.43 Å². The summed E-state index contributed by atoms with van der Waals surface area (Å²) in [5.74, 6) is -0.338. The smallest absolute Gasteiger partial charge is 0.262 e. The molecule has 0 bridgehead atoms. The van der Waals surface area contributed by atoms with E-state index < -0.39 is 11.9 Å². The quantitative estimate of drug-likeness (QED) is 0.204. The van der Waals surface area contributed by atoms with Crippen molar-refractivity contribution in [3.63, 3.8) is 0 Å². The molecule has 36 heavy (non-hydrogen) atoms. The molecule has 0 aliphatic rings. The van der Waals surface area contributed by atoms with Crippen molar-refractivity contribution in [2.75, 3.05) is 0 Å². The molecule has 0 aliphatic carbocycles. The maximum Gasteiger partial charge on any atom is 0.262 e. The molecule has 2 amide bonds. The number of rotatable bonds is 9. The number of halogens is 4. The van der Waals surface area contributed by atoms with Gasteiger partial charge < -0.3 is 10.1 Å². The van der Waals surface area contributed by atoms with Crippen LogP contribution in [-0.4, -0.2) is 24.1 Å². The molecule has 3 rings (SSSR count). The first-order valence-electron chi connectivity index (χ1n) is 10.9. The van der Waals surface area contributed by atoms with Crippen molar-refractivity contribution in [3.05, 3.63) is 96.9 Å². The van der Waals surface area contributed by atoms with Crippen LogP contribution in [0.4, 0.5) is 0 Å². The van der Waals surface area contributed by atoms with Crippen molar-refractivity contribution in [1.82, 2.24) is 10.7 Å². The highest BCUT2D eigenvalue weighted by Crippen LogP contribution is 2.28. The van der Waals surface area contributed by atoms with Crippen LogP contribution in [-0.2, 0) is 11.4 Å². The molecule has 3 aromatic rings. The van der Waals surface area contributed by atoms with E-state index in [0.29, 0.717) is 30.9 Å². The number of benzene rings is 3. The van der Waals surface area contributed by atoms with E-state index in [0.717, 1.165) is 11.1 Å². The summed E-state index contributed by atoms with van der Waals surface area (Å²) >= 11 is 21.5. The maximum atomic E-state index is 12.7. The summed E-state index contributed by atoms with van der Waals surface area (Å²) in [6.07, 6.45) is 1.50. The lowest BCUT2D eigenvalue weighted by Crippen LogP contribution is -2.48. The van der Waals surface area contributed by atoms with Crippen molar-refractivity contribution in [2.24, 2.45) is 11.0 Å². The summed E-state index contributed by atoms with van der Waals surface area (Å²) in [5, 5.41) is 8.39. The Bertz CT molecular complexity index is 1270. The van der Waals surface area contributed by atoms with Crippen LogP contribution in [0.3, 0.4) is 0 Å². The minimum atomic E-state index is -0.771. The number of nitrogens with zero attached hydrogens (tertiary/aromatic N) is 1. The number of carbonyl (C=O) groups excluding carboxylic acids is 2. The summed E-state index contributed by atoms with van der Waals surface area (Å²) in [6.45, 7) is 3.95. The predicted molar refractivity (Wildman–Crippen MR) is 148 cm³/mol. The first-order chi connectivity index (χ1) is 17.1. The second-order valence-electron chi connectivity index (χ2n) is 8.15. The van der Waals surface area contributed by atoms with E-state index in [-0.39, 0.29) is 18.4 Å². The van der Waals surface area contributed by atoms with Crippen LogP contribution < -0.4 is 15.5 Å². The summed E-state index contributed by atoms with van der Waals surface area (Å²) in [6, 6.07) is 16.3. The number of hydrazone groups is 1. The van der Waals surface area contributed by atoms with E-state index in [1.54, 1.807) is 54.6 Å². The minimum absolute atomic E-state index is 0.156. The third kappa shape index (κ3) is 7.96. The van der Waals surface area contributed by atoms with Crippen LogP contribution >= 0.6 is 50.7 Å². The first-order valence-corrected chi connectivity index (χ1v) is 12.8. The molecule has 0 aromatic heterocycles. The molecule has 0 fully saturated rings. The van der Waals surface area contributed by atoms with E-state index in [4.69, 9.17) is 39.5 Å². The average molecular weight is 612 g/mol. The fraction of sp³-hybridized carbons (Fsp3) is 0.192. The van der Waals surface area contributed by atoms with Gasteiger partial charge in [0.1, 0.15) is 18.4 Å². The Morgan fingerprint density at radius 2 is 1.69 bits per heavy atom. The molecule has 0 radical (unpaired) electrons. The second-order valence-corrected chi connectivity index (χ2v) is 10.3. The zero-order valence-corrected chi connectivity index (χ0v) is 23.3. The van der Waals surface area contributed by atoms with Crippen molar-refractivity contribution in [3.8, 4) is 5.75 Å². The molecule has 0 saturated carbocycles. The van der Waals surface area contributed by atoms with Gasteiger partial charge in [0, 0.05) is 26.2 Å². The van der Waals surface area contributed by atoms with Gasteiger partial charge in [-0.3, -0.25) is 9.59 Å². The van der Waals surface area contributed by atoms with Crippen molar-refractivity contribution < 1.29 is 14.3 Å². The number of ether oxygens (including phenoxy) is 1. The molecule has 3 aromatic carbocycles. The fourth-order valence-corrected chi connectivity index (χ4v) is 4.21. The first kappa shape index (κ1) is 28.0. The molecule has 1 unspecified atom stereocenters. The number of carbonyl (C=O) groups is 2. The zero-order valence-electron chi connectivity index (χ0n) is 19.4. The third-order valence-electron chi connectivity index (χ3n) is 5.08. The molecule has 188 valence electrons. The van der Waals surface area contributed by atoms with Gasteiger partial charge in [-0.15, -0.1) is 0 Å². The molecule has 0 spiro atoms. The topological polar surface area (TPSA) is 79.8 Å². The van der Waals surface area contributed by atoms with Gasteiger partial charge in [0.05, 0.1) is 10.7 Å². The van der Waals surface area contributed by atoms with Crippen LogP contribution in [0, 0.1) is 5.92 Å². The Kier molecular flexibility index (Phi) is 10.2. The van der Waals surface area contributed by atoms with Gasteiger partial charge in [0.25, 0.3) is 11.8 Å². The Morgan fingerprint density at radius 3 is 2.33 bits per heavy atom. The average Bonchev–Trinajstić information content (AvgIpc) is 2.83. The lowest BCUT2D eigenvalue weighted by atomic mass is 10.0. The van der Waals surface area contributed by atoms with Crippen molar-refractivity contribution in [2.45, 2.75) is 26.5 Å². The van der Waals surface area contributed by atoms with E-state index in [2.05, 4.69) is 31.8 Å². The molecule has 0 heterocycles. The highest BCUT2D eigenvalue weighted by molar-refractivity contribution is 9.10. The maximum absolute atomic E-state index is 12.7. The van der Waals surface area contributed by atoms with E-state index in [1.807, 2.05) is 19.9 Å². The lowest BCUT2D eigenvalue weighted by molar-refractivity contribution is -0.123. The summed E-state index contributed by atoms with van der Waals surface area (Å²) in [7, 11) is 0. The third-order valence-corrected chi connectivity index (χ3v) is 6.54. The second kappa shape index (κ2) is 13.1. The van der Waals surface area contributed by atoms with Crippen LogP contribution in [0.2, 0.25) is 15.1 Å². The standard InChI is InChI=1S/C26H23BrCl3N3O3/c1-15(2)24(32-25(34)17-4-7-19(28)8-5-17)26(35)33-31-13-16-3-10-23(21(27)11-16)36-14-18-6-9-20(29)12-22(18)30/h3-13,15,24H,14H2,1-2H3,(H,32,34)(H,33,35)/b31-13+. The summed E-state index contributed by atoms with van der Waals surface area (Å²) < 4.78 is 6.55. The molecular formula is C26H23BrCl3N3O3. The van der Waals surface area contributed by atoms with Crippen molar-refractivity contribution in [1.29, 1.82) is 0 Å². The molecule has 6 nitrogen and oxygen atoms in total. The Hall–Kier alpha value is -2.58. The van der Waals surface area contributed by atoms with Gasteiger partial charge >= 0.3 is 0 Å². The molecule has 0 aliphatic heterocycles. The fourth-order valence-electron chi connectivity index (χ4n) is 3.11. The molecule has 1 atom stereocenters. The van der Waals surface area contributed by atoms with Gasteiger partial charge in [0.15, 0.2) is 0 Å². The number of nitrogens with one attached hydrogen (secondary N) is 2. The highest BCUT2D eigenvalue weighted by Gasteiger charge is 2.24. The van der Waals surface area contributed by atoms with E-state index >= 15 is 0 Å². The predicted octanol–water partition coefficient (Wildman–Crippen LogP) is 6.89. The van der Waals surface area contributed by atoms with E-state index in [9.17, 15) is 9.59 Å². The van der Waals surface area contributed by atoms with Gasteiger partial charge in [-0.1, -0.05) is 54.7 Å². The lowest BCUT2D eigenvalue weighted by Gasteiger charge is -2.20. The van der Waals surface area contributed by atoms with Crippen LogP contribution in [0.1, 0.15) is 35.3 Å². The molecule has 2 N–H and O–H groups in total. The van der Waals surface area contributed by atoms with Crippen LogP contribution in [0.15, 0.2) is 70.2 Å². The Morgan fingerprint density at radius 1 is 1.00 bits per heavy atom. The van der Waals surface area contributed by atoms with Gasteiger partial charge in [-0.05, 0) is 82.0 Å². The molecule has 10 heteroatoms. The monoisotopic (exact) mass is 609 g/mol. The van der Waals surface area contributed by atoms with Crippen LogP contribution in [0.25, 0.3) is 0 Å². The summed E-state index contributed by atoms with van der Waals surface area (Å²) in [4.78, 5) is 25.2. The zero-order chi connectivity index (χ0) is 26.2. The minimum Gasteiger partial charge on any atom is -0.488 e. The summed E-state index contributed by atoms with van der Waals surface area (Å²) in [5.41, 5.74) is 4.44. The Balaban J connectivity index is 1.58. The van der Waals surface area contributed by atoms with Crippen LogP contribution in [0.5, 0.6) is 5.75 Å². The SMILES string of the molecule is CC(C)C(NC(=O)c1ccc(Cl)cc1)C(=O)N/N=C/c1ccc(OCc2ccc(Cl)cc2Cl)c(Br)c1. The van der Waals surface area contributed by atoms with Gasteiger partial charge in [0.2, 0.25) is 0 Å². The number of amides is 2. The normalized spacial score (nSPS) is 12.0. The molecule has 0 saturated heterocycles. The van der Waals surface area contributed by atoms with Crippen molar-refractivity contribution >= 4 is 68.8 Å². The Labute approximate surface area is 233 Å². The molecular weight excluding hydrogens is 589 g/mol. The number of hydrogen-bond donors (Lipinski definition) is 2. The van der Waals surface area contributed by atoms with E-state index in [1.165, 1.54) is 6.21 Å². The number of hydrogen-bond acceptors (Lipinski definition) is 4. The largest absolute Gasteiger partial charge is 0.488 e. The highest BCUT2D eigenvalue weighted by atomic mass is 79.9. The van der Waals surface area contributed by atoms with Gasteiger partial charge in [-0.2, -0.15) is 5.10 Å².